The van der Waals surface area contributed by atoms with Crippen LogP contribution in [0, 0.1) is 22.7 Å². The van der Waals surface area contributed by atoms with Crippen LogP contribution in [0.5, 0.6) is 0 Å². The molecule has 4 nitrogen and oxygen atoms in total. The quantitative estimate of drug-likeness (QED) is 0.584. The maximum atomic E-state index is 8.68. The largest absolute Gasteiger partial charge is 1.00 e. The van der Waals surface area contributed by atoms with Gasteiger partial charge in [0.15, 0.2) is 6.54 Å². The maximum Gasteiger partial charge on any atom is 0.249 e. The Hall–Kier alpha value is -2.30. The van der Waals surface area contributed by atoms with Gasteiger partial charge in [0.2, 0.25) is 6.33 Å². The molecule has 0 saturated heterocycles. The summed E-state index contributed by atoms with van der Waals surface area (Å²) in [6.07, 6.45) is 5.55. The second-order valence-electron chi connectivity index (χ2n) is 3.31. The molecule has 0 aliphatic heterocycles. The van der Waals surface area contributed by atoms with Gasteiger partial charge in [-0.3, -0.25) is 0 Å². The molecule has 0 spiro atoms. The van der Waals surface area contributed by atoms with E-state index in [-0.39, 0.29) is 12.4 Å². The Bertz CT molecular complexity index is 572. The van der Waals surface area contributed by atoms with Crippen molar-refractivity contribution in [2.45, 2.75) is 6.54 Å². The Kier molecular flexibility index (Phi) is 4.28. The minimum absolute atomic E-state index is 0. The minimum atomic E-state index is 0. The van der Waals surface area contributed by atoms with Crippen LogP contribution in [-0.4, -0.2) is 4.57 Å². The van der Waals surface area contributed by atoms with Crippen molar-refractivity contribution < 1.29 is 17.0 Å². The molecule has 5 heteroatoms. The van der Waals surface area contributed by atoms with Gasteiger partial charge >= 0.3 is 0 Å². The van der Waals surface area contributed by atoms with Crippen molar-refractivity contribution in [3.8, 4) is 17.8 Å². The molecule has 0 radical (unpaired) electrons. The molecule has 0 bridgehead atoms. The molecular formula is C12H9ClN4. The van der Waals surface area contributed by atoms with Crippen molar-refractivity contribution in [3.63, 3.8) is 0 Å². The van der Waals surface area contributed by atoms with Crippen LogP contribution in [0.2, 0.25) is 0 Å². The molecule has 0 unspecified atom stereocenters. The van der Waals surface area contributed by atoms with E-state index in [4.69, 9.17) is 10.5 Å². The van der Waals surface area contributed by atoms with Gasteiger partial charge in [-0.15, -0.1) is 0 Å². The van der Waals surface area contributed by atoms with Crippen LogP contribution in [0.1, 0.15) is 5.56 Å². The predicted molar refractivity (Wildman–Crippen MR) is 56.3 cm³/mol. The number of imidazole rings is 1. The molecule has 0 saturated carbocycles. The fourth-order valence-electron chi connectivity index (χ4n) is 1.43. The first-order chi connectivity index (χ1) is 7.83. The smallest absolute Gasteiger partial charge is 0.249 e. The number of hydrogen-bond donors (Lipinski definition) is 0. The van der Waals surface area contributed by atoms with E-state index in [1.54, 1.807) is 16.7 Å². The third-order valence-corrected chi connectivity index (χ3v) is 2.24. The van der Waals surface area contributed by atoms with E-state index in [1.807, 2.05) is 35.4 Å². The molecule has 0 N–H and O–H groups in total. The number of benzene rings is 1. The van der Waals surface area contributed by atoms with Gasteiger partial charge in [0.05, 0.1) is 11.6 Å². The molecule has 1 aromatic carbocycles. The van der Waals surface area contributed by atoms with Crippen molar-refractivity contribution in [2.24, 2.45) is 0 Å². The highest BCUT2D eigenvalue weighted by molar-refractivity contribution is 5.38. The van der Waals surface area contributed by atoms with E-state index in [2.05, 4.69) is 12.1 Å². The summed E-state index contributed by atoms with van der Waals surface area (Å²) in [5.41, 5.74) is 1.61. The van der Waals surface area contributed by atoms with Gasteiger partial charge in [0, 0.05) is 0 Å². The van der Waals surface area contributed by atoms with Gasteiger partial charge < -0.3 is 12.4 Å². The summed E-state index contributed by atoms with van der Waals surface area (Å²) in [7, 11) is 0. The maximum absolute atomic E-state index is 8.68. The zero-order chi connectivity index (χ0) is 11.4. The average Bonchev–Trinajstić information content (AvgIpc) is 2.78. The van der Waals surface area contributed by atoms with E-state index < -0.39 is 0 Å². The highest BCUT2D eigenvalue weighted by atomic mass is 35.5. The Labute approximate surface area is 105 Å². The molecule has 0 fully saturated rings. The highest BCUT2D eigenvalue weighted by Crippen LogP contribution is 2.07. The summed E-state index contributed by atoms with van der Waals surface area (Å²) in [5, 5.41) is 17.2. The zero-order valence-corrected chi connectivity index (χ0v) is 9.67. The lowest BCUT2D eigenvalue weighted by molar-refractivity contribution is -0.684. The lowest BCUT2D eigenvalue weighted by Crippen LogP contribution is -3.00. The molecule has 84 valence electrons. The average molecular weight is 245 g/mol. The summed E-state index contributed by atoms with van der Waals surface area (Å²) in [6.45, 7) is 0.337. The van der Waals surface area contributed by atoms with Crippen LogP contribution in [0.25, 0.3) is 5.69 Å². The molecule has 0 amide bonds. The number of nitriles is 2. The number of rotatable bonds is 2. The van der Waals surface area contributed by atoms with Gasteiger partial charge in [0.1, 0.15) is 24.2 Å². The second-order valence-corrected chi connectivity index (χ2v) is 3.31. The summed E-state index contributed by atoms with van der Waals surface area (Å²) < 4.78 is 3.69. The normalized spacial score (nSPS) is 8.82. The number of aromatic nitrogens is 2. The second kappa shape index (κ2) is 5.69. The van der Waals surface area contributed by atoms with E-state index in [0.29, 0.717) is 12.1 Å². The van der Waals surface area contributed by atoms with Crippen LogP contribution in [-0.2, 0) is 6.54 Å². The first-order valence-electron chi connectivity index (χ1n) is 4.78. The Morgan fingerprint density at radius 2 is 1.88 bits per heavy atom. The van der Waals surface area contributed by atoms with Crippen molar-refractivity contribution in [1.82, 2.24) is 4.57 Å². The number of halogens is 1. The highest BCUT2D eigenvalue weighted by Gasteiger charge is 2.05. The molecule has 0 atom stereocenters. The van der Waals surface area contributed by atoms with Crippen LogP contribution in [0.4, 0.5) is 0 Å². The lowest BCUT2D eigenvalue weighted by Gasteiger charge is -1.94. The summed E-state index contributed by atoms with van der Waals surface area (Å²) in [6, 6.07) is 11.4. The van der Waals surface area contributed by atoms with Gasteiger partial charge in [-0.1, -0.05) is 0 Å². The number of nitrogens with zero attached hydrogens (tertiary/aromatic N) is 4. The van der Waals surface area contributed by atoms with Crippen molar-refractivity contribution in [3.05, 3.63) is 48.5 Å². The van der Waals surface area contributed by atoms with Crippen LogP contribution >= 0.6 is 0 Å². The molecule has 17 heavy (non-hydrogen) atoms. The lowest BCUT2D eigenvalue weighted by atomic mass is 10.2. The van der Waals surface area contributed by atoms with Crippen molar-refractivity contribution in [1.29, 1.82) is 10.5 Å². The van der Waals surface area contributed by atoms with E-state index in [0.717, 1.165) is 5.69 Å². The monoisotopic (exact) mass is 244 g/mol. The third kappa shape index (κ3) is 2.84. The van der Waals surface area contributed by atoms with Crippen LogP contribution in [0.3, 0.4) is 0 Å². The Morgan fingerprint density at radius 1 is 1.18 bits per heavy atom. The zero-order valence-electron chi connectivity index (χ0n) is 8.92. The molecule has 2 aromatic rings. The first kappa shape index (κ1) is 12.8. The topological polar surface area (TPSA) is 56.4 Å². The minimum Gasteiger partial charge on any atom is -1.00 e. The van der Waals surface area contributed by atoms with Crippen molar-refractivity contribution in [2.75, 3.05) is 0 Å². The summed E-state index contributed by atoms with van der Waals surface area (Å²) in [4.78, 5) is 0. The van der Waals surface area contributed by atoms with Gasteiger partial charge in [0.25, 0.3) is 0 Å². The molecule has 1 heterocycles. The molecular weight excluding hydrogens is 236 g/mol. The Balaban J connectivity index is 0.00000144. The standard InChI is InChI=1S/C12H9N4.ClH/c13-5-6-15-7-8-16(10-15)12-3-1-11(9-14)2-4-12;/h1-4,7-8,10H,6H2;1H/q+1;/p-1. The predicted octanol–water partition coefficient (Wildman–Crippen LogP) is -1.84. The molecule has 0 aliphatic rings. The molecule has 0 aliphatic carbocycles. The Morgan fingerprint density at radius 3 is 2.47 bits per heavy atom. The fraction of sp³-hybridized carbons (Fsp3) is 0.0833. The first-order valence-corrected chi connectivity index (χ1v) is 4.78. The fourth-order valence-corrected chi connectivity index (χ4v) is 1.43. The van der Waals surface area contributed by atoms with E-state index in [9.17, 15) is 0 Å². The SMILES string of the molecule is N#CC[n+]1ccn(-c2ccc(C#N)cc2)c1.[Cl-]. The molecule has 2 rings (SSSR count). The van der Waals surface area contributed by atoms with E-state index >= 15 is 0 Å². The molecule has 1 aromatic heterocycles. The van der Waals surface area contributed by atoms with Crippen LogP contribution < -0.4 is 17.0 Å². The summed E-state index contributed by atoms with van der Waals surface area (Å²) >= 11 is 0. The number of hydrogen-bond acceptors (Lipinski definition) is 2. The van der Waals surface area contributed by atoms with Gasteiger partial charge in [-0.2, -0.15) is 10.5 Å². The third-order valence-electron chi connectivity index (χ3n) is 2.24. The van der Waals surface area contributed by atoms with Crippen molar-refractivity contribution >= 4 is 0 Å². The van der Waals surface area contributed by atoms with Gasteiger partial charge in [-0.05, 0) is 24.3 Å². The summed E-state index contributed by atoms with van der Waals surface area (Å²) in [5.74, 6) is 0. The van der Waals surface area contributed by atoms with E-state index in [1.165, 1.54) is 0 Å². The van der Waals surface area contributed by atoms with Gasteiger partial charge in [-0.25, -0.2) is 9.13 Å². The van der Waals surface area contributed by atoms with Crippen LogP contribution in [0.15, 0.2) is 43.0 Å².